The third-order valence-electron chi connectivity index (χ3n) is 7.25. The van der Waals surface area contributed by atoms with Gasteiger partial charge in [-0.05, 0) is 37.3 Å². The highest BCUT2D eigenvalue weighted by Gasteiger charge is 2.47. The molecule has 1 aromatic rings. The van der Waals surface area contributed by atoms with Gasteiger partial charge in [0.2, 0.25) is 17.7 Å². The van der Waals surface area contributed by atoms with Crippen molar-refractivity contribution in [3.63, 3.8) is 0 Å². The number of carbonyl (C=O) groups is 4. The minimum absolute atomic E-state index is 0.0965. The van der Waals surface area contributed by atoms with Gasteiger partial charge in [-0.25, -0.2) is 0 Å². The van der Waals surface area contributed by atoms with Crippen LogP contribution in [0.3, 0.4) is 0 Å². The quantitative estimate of drug-likeness (QED) is 0.751. The SMILES string of the molecule is O=C(NCC(=O)N1CCN(C(=O)C2CCCC2)CC1)C1c2ccccc2C(=O)N1C1CC1. The van der Waals surface area contributed by atoms with Gasteiger partial charge in [0.05, 0.1) is 6.54 Å². The molecular formula is C24H30N4O4. The van der Waals surface area contributed by atoms with Crippen molar-refractivity contribution in [2.45, 2.75) is 50.6 Å². The van der Waals surface area contributed by atoms with E-state index in [2.05, 4.69) is 5.32 Å². The molecule has 8 nitrogen and oxygen atoms in total. The van der Waals surface area contributed by atoms with E-state index in [4.69, 9.17) is 0 Å². The molecule has 2 heterocycles. The molecule has 3 fully saturated rings. The van der Waals surface area contributed by atoms with Gasteiger partial charge in [-0.3, -0.25) is 19.2 Å². The molecule has 8 heteroatoms. The summed E-state index contributed by atoms with van der Waals surface area (Å²) in [5.41, 5.74) is 1.29. The Balaban J connectivity index is 1.15. The van der Waals surface area contributed by atoms with Crippen molar-refractivity contribution < 1.29 is 19.2 Å². The van der Waals surface area contributed by atoms with Crippen molar-refractivity contribution in [2.75, 3.05) is 32.7 Å². The lowest BCUT2D eigenvalue weighted by Crippen LogP contribution is -2.54. The average Bonchev–Trinajstić information content (AvgIpc) is 3.41. The lowest BCUT2D eigenvalue weighted by atomic mass is 10.0. The normalized spacial score (nSPS) is 23.4. The van der Waals surface area contributed by atoms with Gasteiger partial charge in [0, 0.05) is 43.7 Å². The number of rotatable bonds is 5. The predicted octanol–water partition coefficient (Wildman–Crippen LogP) is 1.32. The highest BCUT2D eigenvalue weighted by molar-refractivity contribution is 6.05. The first-order valence-corrected chi connectivity index (χ1v) is 11.8. The molecule has 32 heavy (non-hydrogen) atoms. The molecule has 0 spiro atoms. The zero-order valence-electron chi connectivity index (χ0n) is 18.3. The summed E-state index contributed by atoms with van der Waals surface area (Å²) in [7, 11) is 0. The predicted molar refractivity (Wildman–Crippen MR) is 117 cm³/mol. The van der Waals surface area contributed by atoms with Crippen LogP contribution in [0, 0.1) is 5.92 Å². The van der Waals surface area contributed by atoms with Gasteiger partial charge in [0.25, 0.3) is 5.91 Å². The van der Waals surface area contributed by atoms with Gasteiger partial charge in [0.15, 0.2) is 0 Å². The summed E-state index contributed by atoms with van der Waals surface area (Å²) in [5.74, 6) is -0.172. The van der Waals surface area contributed by atoms with Crippen molar-refractivity contribution >= 4 is 23.6 Å². The lowest BCUT2D eigenvalue weighted by Gasteiger charge is -2.36. The van der Waals surface area contributed by atoms with Gasteiger partial charge in [-0.1, -0.05) is 31.0 Å². The second-order valence-electron chi connectivity index (χ2n) is 9.34. The van der Waals surface area contributed by atoms with Crippen LogP contribution in [0.2, 0.25) is 0 Å². The number of nitrogens with one attached hydrogen (secondary N) is 1. The summed E-state index contributed by atoms with van der Waals surface area (Å²) in [4.78, 5) is 56.4. The summed E-state index contributed by atoms with van der Waals surface area (Å²) < 4.78 is 0. The fourth-order valence-electron chi connectivity index (χ4n) is 5.31. The van der Waals surface area contributed by atoms with Crippen LogP contribution in [0.1, 0.15) is 60.5 Å². The highest BCUT2D eigenvalue weighted by Crippen LogP contribution is 2.41. The lowest BCUT2D eigenvalue weighted by molar-refractivity contribution is -0.142. The summed E-state index contributed by atoms with van der Waals surface area (Å²) in [5, 5.41) is 2.77. The Kier molecular flexibility index (Phi) is 5.61. The smallest absolute Gasteiger partial charge is 0.255 e. The van der Waals surface area contributed by atoms with E-state index in [0.29, 0.717) is 37.3 Å². The van der Waals surface area contributed by atoms with Crippen LogP contribution in [0.4, 0.5) is 0 Å². The molecule has 4 aliphatic rings. The molecule has 2 saturated carbocycles. The van der Waals surface area contributed by atoms with Crippen LogP contribution in [0.15, 0.2) is 24.3 Å². The van der Waals surface area contributed by atoms with Crippen LogP contribution < -0.4 is 5.32 Å². The number of amides is 4. The zero-order valence-corrected chi connectivity index (χ0v) is 18.3. The number of hydrogen-bond acceptors (Lipinski definition) is 4. The van der Waals surface area contributed by atoms with E-state index in [1.165, 1.54) is 0 Å². The van der Waals surface area contributed by atoms with E-state index in [-0.39, 0.29) is 42.1 Å². The maximum atomic E-state index is 13.0. The van der Waals surface area contributed by atoms with Gasteiger partial charge >= 0.3 is 0 Å². The van der Waals surface area contributed by atoms with Crippen molar-refractivity contribution in [3.05, 3.63) is 35.4 Å². The van der Waals surface area contributed by atoms with E-state index in [9.17, 15) is 19.2 Å². The Morgan fingerprint density at radius 1 is 0.906 bits per heavy atom. The van der Waals surface area contributed by atoms with Gasteiger partial charge < -0.3 is 20.0 Å². The largest absolute Gasteiger partial charge is 0.345 e. The van der Waals surface area contributed by atoms with Gasteiger partial charge in [-0.15, -0.1) is 0 Å². The molecule has 0 radical (unpaired) electrons. The molecule has 1 aromatic carbocycles. The second-order valence-corrected chi connectivity index (χ2v) is 9.34. The van der Waals surface area contributed by atoms with E-state index < -0.39 is 6.04 Å². The van der Waals surface area contributed by atoms with Crippen LogP contribution >= 0.6 is 0 Å². The first kappa shape index (κ1) is 21.0. The Bertz CT molecular complexity index is 930. The first-order valence-electron chi connectivity index (χ1n) is 11.8. The third kappa shape index (κ3) is 3.87. The van der Waals surface area contributed by atoms with E-state index >= 15 is 0 Å². The molecule has 4 amide bonds. The topological polar surface area (TPSA) is 90.0 Å². The maximum Gasteiger partial charge on any atom is 0.255 e. The number of carbonyl (C=O) groups excluding carboxylic acids is 4. The van der Waals surface area contributed by atoms with Crippen LogP contribution in [0.25, 0.3) is 0 Å². The second kappa shape index (κ2) is 8.56. The summed E-state index contributed by atoms with van der Waals surface area (Å²) in [6.45, 7) is 1.99. The summed E-state index contributed by atoms with van der Waals surface area (Å²) >= 11 is 0. The Hall–Kier alpha value is -2.90. The fraction of sp³-hybridized carbons (Fsp3) is 0.583. The molecule has 1 saturated heterocycles. The van der Waals surface area contributed by atoms with E-state index in [1.54, 1.807) is 15.9 Å². The number of nitrogens with zero attached hydrogens (tertiary/aromatic N) is 3. The number of fused-ring (bicyclic) bond motifs is 1. The number of hydrogen-bond donors (Lipinski definition) is 1. The summed E-state index contributed by atoms with van der Waals surface area (Å²) in [6, 6.07) is 6.66. The van der Waals surface area contributed by atoms with E-state index in [1.807, 2.05) is 23.1 Å². The first-order chi connectivity index (χ1) is 15.5. The molecular weight excluding hydrogens is 408 g/mol. The summed E-state index contributed by atoms with van der Waals surface area (Å²) in [6.07, 6.45) is 6.04. The minimum Gasteiger partial charge on any atom is -0.345 e. The maximum absolute atomic E-state index is 13.0. The van der Waals surface area contributed by atoms with Gasteiger partial charge in [0.1, 0.15) is 6.04 Å². The fourth-order valence-corrected chi connectivity index (χ4v) is 5.31. The third-order valence-corrected chi connectivity index (χ3v) is 7.25. The van der Waals surface area contributed by atoms with Crippen LogP contribution in [-0.4, -0.2) is 77.1 Å². The molecule has 2 aliphatic heterocycles. The Morgan fingerprint density at radius 3 is 2.25 bits per heavy atom. The monoisotopic (exact) mass is 438 g/mol. The number of piperazine rings is 1. The molecule has 1 atom stereocenters. The average molecular weight is 439 g/mol. The molecule has 1 unspecified atom stereocenters. The van der Waals surface area contributed by atoms with Crippen LogP contribution in [0.5, 0.6) is 0 Å². The zero-order chi connectivity index (χ0) is 22.2. The van der Waals surface area contributed by atoms with Crippen molar-refractivity contribution in [1.82, 2.24) is 20.0 Å². The standard InChI is InChI=1S/C24H30N4O4/c29-20(26-11-13-27(14-12-26)23(31)16-5-1-2-6-16)15-25-22(30)21-18-7-3-4-8-19(18)24(32)28(21)17-9-10-17/h3-4,7-8,16-17,21H,1-2,5-6,9-15H2,(H,25,30). The van der Waals surface area contributed by atoms with Gasteiger partial charge in [-0.2, -0.15) is 0 Å². The van der Waals surface area contributed by atoms with Crippen LogP contribution in [-0.2, 0) is 14.4 Å². The molecule has 1 N–H and O–H groups in total. The molecule has 170 valence electrons. The molecule has 5 rings (SSSR count). The Labute approximate surface area is 187 Å². The minimum atomic E-state index is -0.667. The van der Waals surface area contributed by atoms with Crippen molar-refractivity contribution in [3.8, 4) is 0 Å². The number of benzene rings is 1. The molecule has 0 bridgehead atoms. The van der Waals surface area contributed by atoms with Crippen molar-refractivity contribution in [2.24, 2.45) is 5.92 Å². The molecule has 0 aromatic heterocycles. The Morgan fingerprint density at radius 2 is 1.56 bits per heavy atom. The van der Waals surface area contributed by atoms with E-state index in [0.717, 1.165) is 38.5 Å². The molecule has 2 aliphatic carbocycles. The highest BCUT2D eigenvalue weighted by atomic mass is 16.2. The van der Waals surface area contributed by atoms with Crippen molar-refractivity contribution in [1.29, 1.82) is 0 Å².